The average Bonchev–Trinajstić information content (AvgIpc) is 3.50. The van der Waals surface area contributed by atoms with Crippen molar-refractivity contribution < 1.29 is 9.47 Å². The topological polar surface area (TPSA) is 94.4 Å². The van der Waals surface area contributed by atoms with Crippen molar-refractivity contribution in [3.05, 3.63) is 62.6 Å². The summed E-state index contributed by atoms with van der Waals surface area (Å²) in [4.78, 5) is 35.6. The van der Waals surface area contributed by atoms with Crippen LogP contribution in [0.3, 0.4) is 0 Å². The lowest BCUT2D eigenvalue weighted by Crippen LogP contribution is -2.38. The Balaban J connectivity index is 1.46. The summed E-state index contributed by atoms with van der Waals surface area (Å²) in [6.07, 6.45) is 2.87. The minimum atomic E-state index is -0.427. The van der Waals surface area contributed by atoms with Crippen LogP contribution in [0.4, 0.5) is 0 Å². The van der Waals surface area contributed by atoms with Gasteiger partial charge in [-0.3, -0.25) is 19.2 Å². The molecule has 0 unspecified atom stereocenters. The molecular formula is C26H35N5O4. The number of hydrogen-bond donors (Lipinski definition) is 1. The molecule has 2 aliphatic rings. The predicted octanol–water partition coefficient (Wildman–Crippen LogP) is 2.57. The molecule has 2 aliphatic heterocycles. The molecule has 0 saturated carbocycles. The van der Waals surface area contributed by atoms with Crippen LogP contribution >= 0.6 is 0 Å². The Morgan fingerprint density at radius 2 is 1.74 bits per heavy atom. The van der Waals surface area contributed by atoms with Crippen molar-refractivity contribution >= 4 is 11.2 Å². The van der Waals surface area contributed by atoms with Crippen LogP contribution in [-0.4, -0.2) is 56.6 Å². The standard InChI is InChI=1S/C26H35N5O4/c1-18(2)8-13-30-21(17-29-11-9-20(10-12-29)25-34-14-15-35-25)27-23-22(30)24(32)28-26(33)31(23)16-19-6-4-3-5-7-19/h3-7,18,20,25H,8-17H2,1-2H3,(H,28,32,33). The van der Waals surface area contributed by atoms with E-state index in [1.54, 1.807) is 4.57 Å². The fourth-order valence-corrected chi connectivity index (χ4v) is 5.11. The number of aromatic nitrogens is 4. The van der Waals surface area contributed by atoms with Gasteiger partial charge in [0.15, 0.2) is 17.5 Å². The Hall–Kier alpha value is -2.75. The van der Waals surface area contributed by atoms with Crippen molar-refractivity contribution in [2.24, 2.45) is 11.8 Å². The molecule has 2 saturated heterocycles. The highest BCUT2D eigenvalue weighted by molar-refractivity contribution is 5.71. The van der Waals surface area contributed by atoms with Crippen LogP contribution in [-0.2, 0) is 29.1 Å². The molecular weight excluding hydrogens is 446 g/mol. The number of aromatic amines is 1. The number of nitrogens with zero attached hydrogens (tertiary/aromatic N) is 4. The van der Waals surface area contributed by atoms with E-state index in [1.165, 1.54) is 0 Å². The third kappa shape index (κ3) is 5.27. The van der Waals surface area contributed by atoms with Gasteiger partial charge in [-0.15, -0.1) is 0 Å². The number of imidazole rings is 1. The lowest BCUT2D eigenvalue weighted by atomic mass is 9.96. The normalized spacial score (nSPS) is 18.3. The number of likely N-dealkylation sites (tertiary alicyclic amines) is 1. The molecule has 188 valence electrons. The SMILES string of the molecule is CC(C)CCn1c(CN2CCC(C3OCCO3)CC2)nc2c1c(=O)[nH]c(=O)n2Cc1ccccc1. The monoisotopic (exact) mass is 481 g/mol. The molecule has 35 heavy (non-hydrogen) atoms. The van der Waals surface area contributed by atoms with E-state index < -0.39 is 5.69 Å². The number of fused-ring (bicyclic) bond motifs is 1. The molecule has 0 amide bonds. The summed E-state index contributed by atoms with van der Waals surface area (Å²) in [5.41, 5.74) is 1.14. The summed E-state index contributed by atoms with van der Waals surface area (Å²) in [6, 6.07) is 9.79. The highest BCUT2D eigenvalue weighted by Crippen LogP contribution is 2.27. The smallest absolute Gasteiger partial charge is 0.330 e. The molecule has 3 aromatic rings. The predicted molar refractivity (Wildman–Crippen MR) is 133 cm³/mol. The number of hydrogen-bond acceptors (Lipinski definition) is 6. The Labute approximate surface area is 204 Å². The molecule has 0 bridgehead atoms. The summed E-state index contributed by atoms with van der Waals surface area (Å²) in [5, 5.41) is 0. The number of benzene rings is 1. The van der Waals surface area contributed by atoms with Gasteiger partial charge < -0.3 is 14.0 Å². The molecule has 9 heteroatoms. The second-order valence-corrected chi connectivity index (χ2v) is 10.1. The van der Waals surface area contributed by atoms with Gasteiger partial charge in [-0.2, -0.15) is 0 Å². The maximum Gasteiger partial charge on any atom is 0.330 e. The first-order valence-electron chi connectivity index (χ1n) is 12.7. The van der Waals surface area contributed by atoms with Crippen LogP contribution in [0.5, 0.6) is 0 Å². The van der Waals surface area contributed by atoms with Gasteiger partial charge in [-0.25, -0.2) is 9.78 Å². The van der Waals surface area contributed by atoms with Crippen LogP contribution in [0.15, 0.2) is 39.9 Å². The molecule has 2 fully saturated rings. The van der Waals surface area contributed by atoms with Gasteiger partial charge in [-0.1, -0.05) is 44.2 Å². The fraction of sp³-hybridized carbons (Fsp3) is 0.577. The van der Waals surface area contributed by atoms with Crippen molar-refractivity contribution in [2.45, 2.75) is 59.0 Å². The summed E-state index contributed by atoms with van der Waals surface area (Å²) >= 11 is 0. The number of aryl methyl sites for hydroxylation is 1. The zero-order valence-corrected chi connectivity index (χ0v) is 20.6. The maximum atomic E-state index is 13.0. The summed E-state index contributed by atoms with van der Waals surface area (Å²) < 4.78 is 15.1. The molecule has 9 nitrogen and oxygen atoms in total. The van der Waals surface area contributed by atoms with Gasteiger partial charge >= 0.3 is 5.69 Å². The highest BCUT2D eigenvalue weighted by Gasteiger charge is 2.31. The third-order valence-corrected chi connectivity index (χ3v) is 7.11. The number of nitrogens with one attached hydrogen (secondary N) is 1. The van der Waals surface area contributed by atoms with E-state index in [9.17, 15) is 9.59 Å². The first-order chi connectivity index (χ1) is 17.0. The Morgan fingerprint density at radius 1 is 1.03 bits per heavy atom. The molecule has 0 radical (unpaired) electrons. The van der Waals surface area contributed by atoms with Gasteiger partial charge in [0.1, 0.15) is 5.82 Å². The van der Waals surface area contributed by atoms with Crippen molar-refractivity contribution in [2.75, 3.05) is 26.3 Å². The van der Waals surface area contributed by atoms with E-state index in [0.29, 0.717) is 55.8 Å². The zero-order valence-electron chi connectivity index (χ0n) is 20.6. The van der Waals surface area contributed by atoms with E-state index in [1.807, 2.05) is 34.9 Å². The first-order valence-corrected chi connectivity index (χ1v) is 12.7. The van der Waals surface area contributed by atoms with Crippen LogP contribution < -0.4 is 11.2 Å². The molecule has 0 spiro atoms. The largest absolute Gasteiger partial charge is 0.350 e. The van der Waals surface area contributed by atoms with E-state index in [-0.39, 0.29) is 11.8 Å². The quantitative estimate of drug-likeness (QED) is 0.532. The van der Waals surface area contributed by atoms with Gasteiger partial charge in [-0.05, 0) is 43.8 Å². The fourth-order valence-electron chi connectivity index (χ4n) is 5.11. The van der Waals surface area contributed by atoms with Crippen LogP contribution in [0, 0.1) is 11.8 Å². The van der Waals surface area contributed by atoms with E-state index in [4.69, 9.17) is 14.5 Å². The second kappa shape index (κ2) is 10.5. The third-order valence-electron chi connectivity index (χ3n) is 7.11. The Kier molecular flexibility index (Phi) is 7.17. The van der Waals surface area contributed by atoms with E-state index >= 15 is 0 Å². The van der Waals surface area contributed by atoms with Crippen LogP contribution in [0.25, 0.3) is 11.2 Å². The Morgan fingerprint density at radius 3 is 2.43 bits per heavy atom. The lowest BCUT2D eigenvalue weighted by Gasteiger charge is -2.33. The molecule has 0 atom stereocenters. The van der Waals surface area contributed by atoms with E-state index in [0.717, 1.165) is 43.7 Å². The van der Waals surface area contributed by atoms with Crippen molar-refractivity contribution in [1.82, 2.24) is 24.0 Å². The van der Waals surface area contributed by atoms with Gasteiger partial charge in [0.05, 0.1) is 26.3 Å². The number of ether oxygens (including phenoxy) is 2. The van der Waals surface area contributed by atoms with Crippen molar-refractivity contribution in [3.8, 4) is 0 Å². The summed E-state index contributed by atoms with van der Waals surface area (Å²) in [7, 11) is 0. The molecule has 4 heterocycles. The van der Waals surface area contributed by atoms with Gasteiger partial charge in [0.25, 0.3) is 5.56 Å². The molecule has 2 aromatic heterocycles. The molecule has 1 aromatic carbocycles. The molecule has 1 N–H and O–H groups in total. The van der Waals surface area contributed by atoms with Gasteiger partial charge in [0.2, 0.25) is 0 Å². The van der Waals surface area contributed by atoms with E-state index in [2.05, 4.69) is 23.7 Å². The van der Waals surface area contributed by atoms with Crippen molar-refractivity contribution in [3.63, 3.8) is 0 Å². The number of H-pyrrole nitrogens is 1. The lowest BCUT2D eigenvalue weighted by molar-refractivity contribution is -0.0979. The highest BCUT2D eigenvalue weighted by atomic mass is 16.7. The van der Waals surface area contributed by atoms with Crippen molar-refractivity contribution in [1.29, 1.82) is 0 Å². The number of rotatable bonds is 8. The van der Waals surface area contributed by atoms with Crippen LogP contribution in [0.2, 0.25) is 0 Å². The minimum Gasteiger partial charge on any atom is -0.350 e. The number of piperidine rings is 1. The summed E-state index contributed by atoms with van der Waals surface area (Å²) in [6.45, 7) is 9.26. The Bertz CT molecular complexity index is 1250. The maximum absolute atomic E-state index is 13.0. The molecule has 0 aliphatic carbocycles. The second-order valence-electron chi connectivity index (χ2n) is 10.1. The molecule has 5 rings (SSSR count). The first kappa shape index (κ1) is 24.0. The van der Waals surface area contributed by atoms with Gasteiger partial charge in [0, 0.05) is 12.5 Å². The zero-order chi connectivity index (χ0) is 24.4. The van der Waals surface area contributed by atoms with Crippen LogP contribution in [0.1, 0.15) is 44.5 Å². The minimum absolute atomic E-state index is 0.0706. The average molecular weight is 482 g/mol. The summed E-state index contributed by atoms with van der Waals surface area (Å²) in [5.74, 6) is 1.74.